The summed E-state index contributed by atoms with van der Waals surface area (Å²) in [6.45, 7) is 4.88. The quantitative estimate of drug-likeness (QED) is 0.835. The van der Waals surface area contributed by atoms with Crippen LogP contribution in [0.1, 0.15) is 31.1 Å². The van der Waals surface area contributed by atoms with Crippen LogP contribution in [0.2, 0.25) is 0 Å². The third-order valence-corrected chi connectivity index (χ3v) is 2.53. The van der Waals surface area contributed by atoms with Crippen molar-refractivity contribution in [2.75, 3.05) is 6.54 Å². The fourth-order valence-electron chi connectivity index (χ4n) is 1.75. The fraction of sp³-hybridized carbons (Fsp3) is 0.417. The largest absolute Gasteiger partial charge is 0.360 e. The predicted molar refractivity (Wildman–Crippen MR) is 60.9 cm³/mol. The topological polar surface area (TPSA) is 52.0 Å². The molecule has 0 aliphatic carbocycles. The van der Waals surface area contributed by atoms with E-state index in [1.54, 1.807) is 0 Å². The van der Waals surface area contributed by atoms with Crippen LogP contribution in [0.15, 0.2) is 22.7 Å². The van der Waals surface area contributed by atoms with Crippen LogP contribution in [0.3, 0.4) is 0 Å². The van der Waals surface area contributed by atoms with E-state index in [0.29, 0.717) is 12.5 Å². The Kier molecular flexibility index (Phi) is 2.73. The van der Waals surface area contributed by atoms with Crippen molar-refractivity contribution in [1.82, 2.24) is 5.16 Å². The molecule has 3 nitrogen and oxygen atoms in total. The molecule has 0 amide bonds. The van der Waals surface area contributed by atoms with E-state index in [9.17, 15) is 0 Å². The summed E-state index contributed by atoms with van der Waals surface area (Å²) in [6, 6.07) is 6.22. The standard InChI is InChI=1S/C12H16N2O/c1-8(2)12-10-4-3-9(5-6-13)7-11(10)14-15-12/h3-4,7-8H,5-6,13H2,1-2H3. The summed E-state index contributed by atoms with van der Waals surface area (Å²) < 4.78 is 5.33. The van der Waals surface area contributed by atoms with Crippen LogP contribution in [-0.2, 0) is 6.42 Å². The summed E-state index contributed by atoms with van der Waals surface area (Å²) in [5.74, 6) is 1.33. The van der Waals surface area contributed by atoms with Crippen LogP contribution < -0.4 is 5.73 Å². The van der Waals surface area contributed by atoms with Gasteiger partial charge in [0.1, 0.15) is 11.3 Å². The summed E-state index contributed by atoms with van der Waals surface area (Å²) >= 11 is 0. The molecule has 1 aromatic carbocycles. The third kappa shape index (κ3) is 1.88. The maximum absolute atomic E-state index is 5.51. The number of hydrogen-bond donors (Lipinski definition) is 1. The van der Waals surface area contributed by atoms with Crippen LogP contribution in [0.5, 0.6) is 0 Å². The van der Waals surface area contributed by atoms with Gasteiger partial charge in [0.15, 0.2) is 0 Å². The monoisotopic (exact) mass is 204 g/mol. The van der Waals surface area contributed by atoms with Crippen molar-refractivity contribution in [2.45, 2.75) is 26.2 Å². The lowest BCUT2D eigenvalue weighted by molar-refractivity contribution is 0.378. The Morgan fingerprint density at radius 3 is 2.87 bits per heavy atom. The average molecular weight is 204 g/mol. The molecule has 0 aliphatic heterocycles. The summed E-state index contributed by atoms with van der Waals surface area (Å²) in [5.41, 5.74) is 7.67. The first-order chi connectivity index (χ1) is 7.22. The smallest absolute Gasteiger partial charge is 0.147 e. The van der Waals surface area contributed by atoms with Crippen molar-refractivity contribution in [1.29, 1.82) is 0 Å². The van der Waals surface area contributed by atoms with Gasteiger partial charge in [0.05, 0.1) is 0 Å². The molecule has 0 spiro atoms. The molecule has 0 saturated heterocycles. The average Bonchev–Trinajstić information content (AvgIpc) is 2.61. The van der Waals surface area contributed by atoms with E-state index < -0.39 is 0 Å². The minimum Gasteiger partial charge on any atom is -0.360 e. The Hall–Kier alpha value is -1.35. The maximum Gasteiger partial charge on any atom is 0.147 e. The highest BCUT2D eigenvalue weighted by molar-refractivity contribution is 5.81. The minimum atomic E-state index is 0.371. The molecule has 0 bridgehead atoms. The normalized spacial score (nSPS) is 11.5. The van der Waals surface area contributed by atoms with E-state index in [4.69, 9.17) is 10.3 Å². The van der Waals surface area contributed by atoms with Crippen LogP contribution >= 0.6 is 0 Å². The van der Waals surface area contributed by atoms with Crippen molar-refractivity contribution in [2.24, 2.45) is 5.73 Å². The first-order valence-electron chi connectivity index (χ1n) is 5.30. The fourth-order valence-corrected chi connectivity index (χ4v) is 1.75. The molecule has 2 aromatic rings. The SMILES string of the molecule is CC(C)c1onc2cc(CCN)ccc12. The van der Waals surface area contributed by atoms with E-state index in [1.165, 1.54) is 5.56 Å². The number of hydrogen-bond acceptors (Lipinski definition) is 3. The van der Waals surface area contributed by atoms with Crippen molar-refractivity contribution < 1.29 is 4.52 Å². The van der Waals surface area contributed by atoms with Crippen molar-refractivity contribution in [3.63, 3.8) is 0 Å². The second kappa shape index (κ2) is 4.03. The lowest BCUT2D eigenvalue weighted by Crippen LogP contribution is -2.02. The van der Waals surface area contributed by atoms with Gasteiger partial charge in [-0.15, -0.1) is 0 Å². The van der Waals surface area contributed by atoms with Crippen LogP contribution in [-0.4, -0.2) is 11.7 Å². The van der Waals surface area contributed by atoms with Crippen molar-refractivity contribution >= 4 is 10.9 Å². The third-order valence-electron chi connectivity index (χ3n) is 2.53. The lowest BCUT2D eigenvalue weighted by atomic mass is 10.0. The van der Waals surface area contributed by atoms with E-state index in [-0.39, 0.29) is 0 Å². The van der Waals surface area contributed by atoms with E-state index in [1.807, 2.05) is 0 Å². The summed E-state index contributed by atoms with van der Waals surface area (Å²) in [7, 11) is 0. The van der Waals surface area contributed by atoms with Gasteiger partial charge in [0.2, 0.25) is 0 Å². The van der Waals surface area contributed by atoms with Gasteiger partial charge < -0.3 is 10.3 Å². The van der Waals surface area contributed by atoms with Gasteiger partial charge in [0, 0.05) is 11.3 Å². The zero-order valence-electron chi connectivity index (χ0n) is 9.16. The van der Waals surface area contributed by atoms with Crippen LogP contribution in [0.4, 0.5) is 0 Å². The zero-order valence-corrected chi connectivity index (χ0v) is 9.16. The number of aromatic nitrogens is 1. The Morgan fingerprint density at radius 2 is 2.20 bits per heavy atom. The molecule has 1 heterocycles. The molecule has 0 unspecified atom stereocenters. The second-order valence-corrected chi connectivity index (χ2v) is 4.09. The summed E-state index contributed by atoms with van der Waals surface area (Å²) in [4.78, 5) is 0. The predicted octanol–water partition coefficient (Wildman–Crippen LogP) is 2.45. The first-order valence-corrected chi connectivity index (χ1v) is 5.30. The highest BCUT2D eigenvalue weighted by Crippen LogP contribution is 2.25. The van der Waals surface area contributed by atoms with Gasteiger partial charge in [-0.3, -0.25) is 0 Å². The van der Waals surface area contributed by atoms with Gasteiger partial charge in [-0.05, 0) is 30.7 Å². The van der Waals surface area contributed by atoms with Crippen LogP contribution in [0.25, 0.3) is 10.9 Å². The summed E-state index contributed by atoms with van der Waals surface area (Å²) in [5, 5.41) is 5.18. The summed E-state index contributed by atoms with van der Waals surface area (Å²) in [6.07, 6.45) is 0.889. The number of fused-ring (bicyclic) bond motifs is 1. The molecule has 0 fully saturated rings. The van der Waals surface area contributed by atoms with Gasteiger partial charge in [0.25, 0.3) is 0 Å². The second-order valence-electron chi connectivity index (χ2n) is 4.09. The molecule has 2 N–H and O–H groups in total. The number of rotatable bonds is 3. The molecule has 1 aromatic heterocycles. The molecule has 15 heavy (non-hydrogen) atoms. The van der Waals surface area contributed by atoms with Crippen molar-refractivity contribution in [3.8, 4) is 0 Å². The Balaban J connectivity index is 2.47. The molecule has 0 atom stereocenters. The molecule has 3 heteroatoms. The van der Waals surface area contributed by atoms with Crippen molar-refractivity contribution in [3.05, 3.63) is 29.5 Å². The van der Waals surface area contributed by atoms with Gasteiger partial charge in [-0.25, -0.2) is 0 Å². The molecule has 80 valence electrons. The zero-order chi connectivity index (χ0) is 10.8. The van der Waals surface area contributed by atoms with Gasteiger partial charge in [-0.1, -0.05) is 25.1 Å². The lowest BCUT2D eigenvalue weighted by Gasteiger charge is -2.00. The molecule has 0 aliphatic rings. The number of benzene rings is 1. The molecular weight excluding hydrogens is 188 g/mol. The molecule has 0 saturated carbocycles. The first kappa shape index (κ1) is 10.2. The Bertz CT molecular complexity index is 460. The molecular formula is C12H16N2O. The molecule has 0 radical (unpaired) electrons. The van der Waals surface area contributed by atoms with Gasteiger partial charge in [-0.2, -0.15) is 0 Å². The number of nitrogens with zero attached hydrogens (tertiary/aromatic N) is 1. The van der Waals surface area contributed by atoms with E-state index in [0.717, 1.165) is 23.1 Å². The van der Waals surface area contributed by atoms with Gasteiger partial charge >= 0.3 is 0 Å². The molecule has 2 rings (SSSR count). The highest BCUT2D eigenvalue weighted by atomic mass is 16.5. The number of nitrogens with two attached hydrogens (primary N) is 1. The minimum absolute atomic E-state index is 0.371. The van der Waals surface area contributed by atoms with Crippen LogP contribution in [0, 0.1) is 0 Å². The Labute approximate surface area is 89.2 Å². The van der Waals surface area contributed by atoms with E-state index >= 15 is 0 Å². The van der Waals surface area contributed by atoms with E-state index in [2.05, 4.69) is 37.2 Å². The maximum atomic E-state index is 5.51. The highest BCUT2D eigenvalue weighted by Gasteiger charge is 2.11. The Morgan fingerprint density at radius 1 is 1.40 bits per heavy atom.